The number of nitrogens with zero attached hydrogens (tertiary/aromatic N) is 2. The number of hydrogen-bond donors (Lipinski definition) is 2. The lowest BCUT2D eigenvalue weighted by Crippen LogP contribution is -2.38. The van der Waals surface area contributed by atoms with Crippen LogP contribution >= 0.6 is 11.3 Å². The largest absolute Gasteiger partial charge is 0.342 e. The molecule has 1 aliphatic heterocycles. The number of piperidine rings is 1. The maximum atomic E-state index is 12.9. The van der Waals surface area contributed by atoms with Gasteiger partial charge in [0.1, 0.15) is 5.82 Å². The molecule has 2 N–H and O–H groups in total. The van der Waals surface area contributed by atoms with Gasteiger partial charge in [0.25, 0.3) is 0 Å². The summed E-state index contributed by atoms with van der Waals surface area (Å²) in [5, 5.41) is 7.41. The first kappa shape index (κ1) is 18.3. The number of carbonyl (C=O) groups excluding carboxylic acids is 2. The van der Waals surface area contributed by atoms with Gasteiger partial charge in [0, 0.05) is 24.2 Å². The number of thiazole rings is 1. The number of benzene rings is 1. The number of halogens is 1. The van der Waals surface area contributed by atoms with Crippen molar-refractivity contribution in [3.63, 3.8) is 0 Å². The minimum Gasteiger partial charge on any atom is -0.342 e. The summed E-state index contributed by atoms with van der Waals surface area (Å²) in [5.74, 6) is 0.381. The first-order chi connectivity index (χ1) is 12.5. The molecule has 0 unspecified atom stereocenters. The Balaban J connectivity index is 1.50. The Morgan fingerprint density at radius 3 is 2.62 bits per heavy atom. The molecule has 0 aliphatic carbocycles. The molecule has 0 radical (unpaired) electrons. The van der Waals surface area contributed by atoms with Gasteiger partial charge in [-0.05, 0) is 43.0 Å². The van der Waals surface area contributed by atoms with E-state index in [1.165, 1.54) is 35.6 Å². The molecule has 1 aromatic heterocycles. The van der Waals surface area contributed by atoms with E-state index < -0.39 is 6.03 Å². The normalized spacial score (nSPS) is 14.9. The minimum atomic E-state index is -0.464. The van der Waals surface area contributed by atoms with E-state index in [9.17, 15) is 14.0 Å². The van der Waals surface area contributed by atoms with Gasteiger partial charge in [0.2, 0.25) is 5.91 Å². The van der Waals surface area contributed by atoms with E-state index in [1.54, 1.807) is 5.38 Å². The van der Waals surface area contributed by atoms with Gasteiger partial charge in [-0.25, -0.2) is 14.2 Å². The smallest absolute Gasteiger partial charge is 0.325 e. The number of urea groups is 1. The number of nitrogens with one attached hydrogen (secondary N) is 2. The number of hydrogen-bond acceptors (Lipinski definition) is 4. The highest BCUT2D eigenvalue weighted by molar-refractivity contribution is 7.14. The summed E-state index contributed by atoms with van der Waals surface area (Å²) in [4.78, 5) is 30.5. The predicted octanol–water partition coefficient (Wildman–Crippen LogP) is 3.73. The van der Waals surface area contributed by atoms with Gasteiger partial charge in [-0.1, -0.05) is 6.92 Å². The zero-order valence-electron chi connectivity index (χ0n) is 14.5. The van der Waals surface area contributed by atoms with Crippen molar-refractivity contribution in [3.8, 4) is 0 Å². The van der Waals surface area contributed by atoms with E-state index in [-0.39, 0.29) is 18.1 Å². The Morgan fingerprint density at radius 1 is 1.23 bits per heavy atom. The lowest BCUT2D eigenvalue weighted by atomic mass is 9.99. The number of amides is 3. The fourth-order valence-corrected chi connectivity index (χ4v) is 3.47. The van der Waals surface area contributed by atoms with E-state index in [2.05, 4.69) is 22.5 Å². The van der Waals surface area contributed by atoms with Crippen molar-refractivity contribution < 1.29 is 14.0 Å². The third-order valence-corrected chi connectivity index (χ3v) is 5.15. The molecule has 1 saturated heterocycles. The molecule has 1 aliphatic rings. The van der Waals surface area contributed by atoms with Crippen LogP contribution in [0.3, 0.4) is 0 Å². The summed E-state index contributed by atoms with van der Waals surface area (Å²) in [6, 6.07) is 5.02. The van der Waals surface area contributed by atoms with Crippen molar-refractivity contribution in [2.45, 2.75) is 26.2 Å². The second kappa shape index (κ2) is 8.27. The summed E-state index contributed by atoms with van der Waals surface area (Å²) >= 11 is 1.27. The highest BCUT2D eigenvalue weighted by Gasteiger charge is 2.21. The highest BCUT2D eigenvalue weighted by Crippen LogP contribution is 2.20. The van der Waals surface area contributed by atoms with E-state index >= 15 is 0 Å². The second-order valence-corrected chi connectivity index (χ2v) is 7.33. The minimum absolute atomic E-state index is 0.0736. The highest BCUT2D eigenvalue weighted by atomic mass is 32.1. The molecule has 26 heavy (non-hydrogen) atoms. The number of likely N-dealkylation sites (tertiary alicyclic amines) is 1. The topological polar surface area (TPSA) is 74.3 Å². The van der Waals surface area contributed by atoms with Crippen LogP contribution in [0, 0.1) is 11.7 Å². The molecule has 6 nitrogen and oxygen atoms in total. The van der Waals surface area contributed by atoms with Gasteiger partial charge in [-0.3, -0.25) is 10.1 Å². The molecule has 3 amide bonds. The van der Waals surface area contributed by atoms with Gasteiger partial charge < -0.3 is 10.2 Å². The van der Waals surface area contributed by atoms with Crippen molar-refractivity contribution in [3.05, 3.63) is 41.2 Å². The molecule has 8 heteroatoms. The summed E-state index contributed by atoms with van der Waals surface area (Å²) < 4.78 is 12.9. The molecule has 1 fully saturated rings. The Morgan fingerprint density at radius 2 is 1.92 bits per heavy atom. The van der Waals surface area contributed by atoms with E-state index in [0.29, 0.717) is 22.4 Å². The monoisotopic (exact) mass is 376 g/mol. The summed E-state index contributed by atoms with van der Waals surface area (Å²) in [5.41, 5.74) is 1.13. The van der Waals surface area contributed by atoms with Crippen LogP contribution in [0.1, 0.15) is 25.5 Å². The van der Waals surface area contributed by atoms with Crippen LogP contribution in [0.2, 0.25) is 0 Å². The molecule has 1 aromatic carbocycles. The van der Waals surface area contributed by atoms with Gasteiger partial charge in [-0.2, -0.15) is 0 Å². The molecule has 0 atom stereocenters. The zero-order valence-corrected chi connectivity index (χ0v) is 15.3. The average Bonchev–Trinajstić information content (AvgIpc) is 3.04. The maximum absolute atomic E-state index is 12.9. The van der Waals surface area contributed by atoms with Crippen molar-refractivity contribution >= 4 is 34.1 Å². The molecule has 2 aromatic rings. The van der Waals surface area contributed by atoms with E-state index in [1.807, 2.05) is 4.90 Å². The van der Waals surface area contributed by atoms with Crippen LogP contribution in [0.25, 0.3) is 0 Å². The SMILES string of the molecule is CC1CCN(C(=O)Cc2csc(NC(=O)Nc3ccc(F)cc3)n2)CC1. The van der Waals surface area contributed by atoms with E-state index in [0.717, 1.165) is 25.9 Å². The van der Waals surface area contributed by atoms with Gasteiger partial charge >= 0.3 is 6.03 Å². The Kier molecular flexibility index (Phi) is 5.82. The van der Waals surface area contributed by atoms with Crippen LogP contribution in [-0.4, -0.2) is 34.9 Å². The van der Waals surface area contributed by atoms with Crippen LogP contribution < -0.4 is 10.6 Å². The van der Waals surface area contributed by atoms with Crippen LogP contribution in [-0.2, 0) is 11.2 Å². The summed E-state index contributed by atoms with van der Waals surface area (Å²) in [6.45, 7) is 3.81. The fourth-order valence-electron chi connectivity index (χ4n) is 2.76. The Bertz CT molecular complexity index is 770. The lowest BCUT2D eigenvalue weighted by molar-refractivity contribution is -0.131. The number of aromatic nitrogens is 1. The van der Waals surface area contributed by atoms with Gasteiger partial charge in [0.15, 0.2) is 5.13 Å². The standard InChI is InChI=1S/C18H21FN4O2S/c1-12-6-8-23(9-7-12)16(24)10-15-11-26-18(21-15)22-17(25)20-14-4-2-13(19)3-5-14/h2-5,11-12H,6-10H2,1H3,(H2,20,21,22,25). The number of rotatable bonds is 4. The van der Waals surface area contributed by atoms with Crippen molar-refractivity contribution in [1.82, 2.24) is 9.88 Å². The van der Waals surface area contributed by atoms with Crippen molar-refractivity contribution in [1.29, 1.82) is 0 Å². The third-order valence-electron chi connectivity index (χ3n) is 4.34. The predicted molar refractivity (Wildman–Crippen MR) is 99.8 cm³/mol. The van der Waals surface area contributed by atoms with E-state index in [4.69, 9.17) is 0 Å². The first-order valence-corrected chi connectivity index (χ1v) is 9.43. The molecule has 0 spiro atoms. The molecule has 138 valence electrons. The lowest BCUT2D eigenvalue weighted by Gasteiger charge is -2.30. The molecule has 0 bridgehead atoms. The molecular weight excluding hydrogens is 355 g/mol. The van der Waals surface area contributed by atoms with Crippen LogP contribution in [0.5, 0.6) is 0 Å². The van der Waals surface area contributed by atoms with Crippen molar-refractivity contribution in [2.75, 3.05) is 23.7 Å². The third kappa shape index (κ3) is 5.01. The maximum Gasteiger partial charge on any atom is 0.325 e. The molecule has 2 heterocycles. The second-order valence-electron chi connectivity index (χ2n) is 6.47. The van der Waals surface area contributed by atoms with Gasteiger partial charge in [-0.15, -0.1) is 11.3 Å². The molecule has 3 rings (SSSR count). The zero-order chi connectivity index (χ0) is 18.5. The summed E-state index contributed by atoms with van der Waals surface area (Å²) in [7, 11) is 0. The number of anilines is 2. The van der Waals surface area contributed by atoms with Crippen molar-refractivity contribution in [2.24, 2.45) is 5.92 Å². The fraction of sp³-hybridized carbons (Fsp3) is 0.389. The summed E-state index contributed by atoms with van der Waals surface area (Å²) in [6.07, 6.45) is 2.32. The average molecular weight is 376 g/mol. The quantitative estimate of drug-likeness (QED) is 0.854. The van der Waals surface area contributed by atoms with Crippen LogP contribution in [0.15, 0.2) is 29.6 Å². The Hall–Kier alpha value is -2.48. The number of carbonyl (C=O) groups is 2. The van der Waals surface area contributed by atoms with Gasteiger partial charge in [0.05, 0.1) is 12.1 Å². The molecule has 0 saturated carbocycles. The molecular formula is C18H21FN4O2S. The Labute approximate surface area is 155 Å². The first-order valence-electron chi connectivity index (χ1n) is 8.55. The van der Waals surface area contributed by atoms with Crippen LogP contribution in [0.4, 0.5) is 20.0 Å².